The van der Waals surface area contributed by atoms with Crippen LogP contribution in [0, 0.1) is 11.3 Å². The van der Waals surface area contributed by atoms with Crippen molar-refractivity contribution in [3.8, 4) is 11.8 Å². The number of carbonyl (C=O) groups is 1. The number of rotatable bonds is 3. The predicted molar refractivity (Wildman–Crippen MR) is 77.9 cm³/mol. The fourth-order valence-electron chi connectivity index (χ4n) is 2.47. The molecule has 7 heteroatoms. The number of benzene rings is 1. The number of aliphatic carboxylic acids is 1. The molecule has 0 amide bonds. The van der Waals surface area contributed by atoms with E-state index in [-0.39, 0.29) is 6.54 Å². The molecule has 0 saturated carbocycles. The number of carboxylic acid groups (broad SMARTS) is 1. The largest absolute Gasteiger partial charge is 0.479 e. The number of anilines is 1. The van der Waals surface area contributed by atoms with Gasteiger partial charge in [0.25, 0.3) is 0 Å². The molecular formula is C15H14N4O3. The molecule has 1 aromatic carbocycles. The molecule has 0 radical (unpaired) electrons. The summed E-state index contributed by atoms with van der Waals surface area (Å²) in [5, 5.41) is 22.7. The molecule has 1 fully saturated rings. The third-order valence-electron chi connectivity index (χ3n) is 3.51. The molecule has 1 aliphatic heterocycles. The zero-order chi connectivity index (χ0) is 15.5. The van der Waals surface area contributed by atoms with Crippen LogP contribution in [0.3, 0.4) is 0 Å². The van der Waals surface area contributed by atoms with Crippen LogP contribution >= 0.6 is 0 Å². The van der Waals surface area contributed by atoms with Crippen molar-refractivity contribution in [2.45, 2.75) is 6.10 Å². The minimum Gasteiger partial charge on any atom is -0.479 e. The molecule has 3 rings (SSSR count). The molecule has 112 valence electrons. The van der Waals surface area contributed by atoms with Crippen LogP contribution in [0.25, 0.3) is 5.69 Å². The fraction of sp³-hybridized carbons (Fsp3) is 0.267. The molecule has 2 aromatic rings. The van der Waals surface area contributed by atoms with E-state index in [2.05, 4.69) is 11.2 Å². The number of carboxylic acids is 1. The van der Waals surface area contributed by atoms with E-state index in [1.807, 2.05) is 35.2 Å². The van der Waals surface area contributed by atoms with Crippen LogP contribution in [0.1, 0.15) is 5.56 Å². The van der Waals surface area contributed by atoms with E-state index in [0.717, 1.165) is 5.69 Å². The highest BCUT2D eigenvalue weighted by Gasteiger charge is 2.29. The molecule has 0 spiro atoms. The Labute approximate surface area is 127 Å². The Morgan fingerprint density at radius 2 is 2.18 bits per heavy atom. The second-order valence-electron chi connectivity index (χ2n) is 4.88. The molecule has 22 heavy (non-hydrogen) atoms. The third-order valence-corrected chi connectivity index (χ3v) is 3.51. The summed E-state index contributed by atoms with van der Waals surface area (Å²) in [5.74, 6) is -0.405. The minimum atomic E-state index is -1.01. The van der Waals surface area contributed by atoms with Crippen LogP contribution in [0.5, 0.6) is 0 Å². The summed E-state index contributed by atoms with van der Waals surface area (Å²) in [7, 11) is 0. The van der Waals surface area contributed by atoms with Gasteiger partial charge in [0.15, 0.2) is 11.9 Å². The van der Waals surface area contributed by atoms with Crippen molar-refractivity contribution in [3.05, 3.63) is 42.1 Å². The van der Waals surface area contributed by atoms with E-state index in [4.69, 9.17) is 9.84 Å². The van der Waals surface area contributed by atoms with Crippen LogP contribution in [0.2, 0.25) is 0 Å². The van der Waals surface area contributed by atoms with Crippen molar-refractivity contribution in [2.75, 3.05) is 24.6 Å². The van der Waals surface area contributed by atoms with Crippen LogP contribution in [-0.2, 0) is 9.53 Å². The van der Waals surface area contributed by atoms with Gasteiger partial charge in [0.05, 0.1) is 25.0 Å². The molecule has 1 aliphatic rings. The Morgan fingerprint density at radius 3 is 2.86 bits per heavy atom. The fourth-order valence-corrected chi connectivity index (χ4v) is 2.47. The van der Waals surface area contributed by atoms with Crippen LogP contribution < -0.4 is 4.90 Å². The van der Waals surface area contributed by atoms with Crippen molar-refractivity contribution < 1.29 is 14.6 Å². The molecule has 2 heterocycles. The van der Waals surface area contributed by atoms with E-state index >= 15 is 0 Å². The first-order chi connectivity index (χ1) is 10.7. The van der Waals surface area contributed by atoms with E-state index in [1.165, 1.54) is 6.20 Å². The van der Waals surface area contributed by atoms with Gasteiger partial charge in [-0.15, -0.1) is 0 Å². The van der Waals surface area contributed by atoms with E-state index in [9.17, 15) is 10.1 Å². The number of ether oxygens (including phenoxy) is 1. The Hall–Kier alpha value is -2.85. The smallest absolute Gasteiger partial charge is 0.334 e. The molecule has 0 aliphatic carbocycles. The van der Waals surface area contributed by atoms with Gasteiger partial charge in [-0.3, -0.25) is 0 Å². The van der Waals surface area contributed by atoms with Gasteiger partial charge in [0, 0.05) is 6.54 Å². The van der Waals surface area contributed by atoms with Gasteiger partial charge in [-0.25, -0.2) is 9.48 Å². The molecule has 7 nitrogen and oxygen atoms in total. The van der Waals surface area contributed by atoms with Gasteiger partial charge in [-0.2, -0.15) is 10.4 Å². The number of nitriles is 1. The first kappa shape index (κ1) is 14.1. The zero-order valence-corrected chi connectivity index (χ0v) is 11.7. The molecule has 0 bridgehead atoms. The summed E-state index contributed by atoms with van der Waals surface area (Å²) in [5.41, 5.74) is 1.23. The van der Waals surface area contributed by atoms with Gasteiger partial charge in [0.1, 0.15) is 11.6 Å². The lowest BCUT2D eigenvalue weighted by atomic mass is 10.2. The van der Waals surface area contributed by atoms with Gasteiger partial charge >= 0.3 is 5.97 Å². The average molecular weight is 298 g/mol. The van der Waals surface area contributed by atoms with Gasteiger partial charge in [-0.1, -0.05) is 18.2 Å². The number of morpholine rings is 1. The highest BCUT2D eigenvalue weighted by atomic mass is 16.5. The normalized spacial score (nSPS) is 18.0. The Balaban J connectivity index is 2.01. The quantitative estimate of drug-likeness (QED) is 0.910. The summed E-state index contributed by atoms with van der Waals surface area (Å²) in [6.45, 7) is 0.987. The average Bonchev–Trinajstić information content (AvgIpc) is 2.99. The number of para-hydroxylation sites is 1. The van der Waals surface area contributed by atoms with E-state index < -0.39 is 12.1 Å². The molecule has 1 saturated heterocycles. The Morgan fingerprint density at radius 1 is 1.41 bits per heavy atom. The maximum Gasteiger partial charge on any atom is 0.334 e. The molecule has 1 aromatic heterocycles. The van der Waals surface area contributed by atoms with Gasteiger partial charge in [-0.05, 0) is 12.1 Å². The molecular weight excluding hydrogens is 284 g/mol. The van der Waals surface area contributed by atoms with Gasteiger partial charge < -0.3 is 14.7 Å². The van der Waals surface area contributed by atoms with Crippen molar-refractivity contribution in [3.63, 3.8) is 0 Å². The number of nitrogens with zero attached hydrogens (tertiary/aromatic N) is 4. The van der Waals surface area contributed by atoms with Crippen molar-refractivity contribution in [2.24, 2.45) is 0 Å². The maximum atomic E-state index is 11.1. The lowest BCUT2D eigenvalue weighted by Gasteiger charge is -2.32. The number of hydrogen-bond acceptors (Lipinski definition) is 5. The minimum absolute atomic E-state index is 0.183. The lowest BCUT2D eigenvalue weighted by molar-refractivity contribution is -0.150. The SMILES string of the molecule is N#Cc1cnn(-c2ccccc2)c1N1CCOC(C(=O)O)C1. The first-order valence-electron chi connectivity index (χ1n) is 6.83. The highest BCUT2D eigenvalue weighted by Crippen LogP contribution is 2.25. The monoisotopic (exact) mass is 298 g/mol. The third kappa shape index (κ3) is 2.52. The predicted octanol–water partition coefficient (Wildman–Crippen LogP) is 1.03. The summed E-state index contributed by atoms with van der Waals surface area (Å²) in [4.78, 5) is 13.0. The molecule has 1 atom stereocenters. The summed E-state index contributed by atoms with van der Waals surface area (Å²) in [6.07, 6.45) is 0.590. The van der Waals surface area contributed by atoms with Crippen LogP contribution in [-0.4, -0.2) is 46.7 Å². The van der Waals surface area contributed by atoms with Crippen molar-refractivity contribution in [1.29, 1.82) is 5.26 Å². The lowest BCUT2D eigenvalue weighted by Crippen LogP contribution is -2.47. The van der Waals surface area contributed by atoms with Crippen molar-refractivity contribution in [1.82, 2.24) is 9.78 Å². The Kier molecular flexibility index (Phi) is 3.76. The van der Waals surface area contributed by atoms with Crippen LogP contribution in [0.4, 0.5) is 5.82 Å². The zero-order valence-electron chi connectivity index (χ0n) is 11.7. The second-order valence-corrected chi connectivity index (χ2v) is 4.88. The highest BCUT2D eigenvalue weighted by molar-refractivity contribution is 5.74. The molecule has 1 N–H and O–H groups in total. The first-order valence-corrected chi connectivity index (χ1v) is 6.83. The number of aromatic nitrogens is 2. The standard InChI is InChI=1S/C15H14N4O3/c16-8-11-9-17-19(12-4-2-1-3-5-12)14(11)18-6-7-22-13(10-18)15(20)21/h1-5,9,13H,6-7,10H2,(H,20,21). The summed E-state index contributed by atoms with van der Waals surface area (Å²) in [6, 6.07) is 11.5. The number of hydrogen-bond donors (Lipinski definition) is 1. The van der Waals surface area contributed by atoms with Crippen LogP contribution in [0.15, 0.2) is 36.5 Å². The Bertz CT molecular complexity index is 720. The topological polar surface area (TPSA) is 91.4 Å². The molecule has 1 unspecified atom stereocenters. The summed E-state index contributed by atoms with van der Waals surface area (Å²) >= 11 is 0. The van der Waals surface area contributed by atoms with E-state index in [1.54, 1.807) is 4.68 Å². The van der Waals surface area contributed by atoms with Gasteiger partial charge in [0.2, 0.25) is 0 Å². The van der Waals surface area contributed by atoms with E-state index in [0.29, 0.717) is 24.5 Å². The summed E-state index contributed by atoms with van der Waals surface area (Å²) < 4.78 is 6.89. The maximum absolute atomic E-state index is 11.1. The van der Waals surface area contributed by atoms with Crippen molar-refractivity contribution >= 4 is 11.8 Å². The second kappa shape index (κ2) is 5.87.